The third-order valence-electron chi connectivity index (χ3n) is 4.03. The van der Waals surface area contributed by atoms with Crippen LogP contribution in [0, 0.1) is 11.8 Å². The van der Waals surface area contributed by atoms with Crippen molar-refractivity contribution < 1.29 is 0 Å². The van der Waals surface area contributed by atoms with Crippen molar-refractivity contribution in [3.8, 4) is 0 Å². The molecule has 17 heavy (non-hydrogen) atoms. The second-order valence-electron chi connectivity index (χ2n) is 5.30. The second kappa shape index (κ2) is 6.18. The Morgan fingerprint density at radius 3 is 2.71 bits per heavy atom. The van der Waals surface area contributed by atoms with Crippen molar-refractivity contribution in [2.75, 3.05) is 26.2 Å². The molecule has 1 aliphatic heterocycles. The topological polar surface area (TPSA) is 29.3 Å². The van der Waals surface area contributed by atoms with E-state index in [1.807, 2.05) is 0 Å². The molecule has 1 fully saturated rings. The summed E-state index contributed by atoms with van der Waals surface area (Å²) in [6.45, 7) is 6.82. The summed E-state index contributed by atoms with van der Waals surface area (Å²) in [4.78, 5) is 2.59. The first-order valence-electron chi connectivity index (χ1n) is 6.76. The molecule has 1 aromatic carbocycles. The van der Waals surface area contributed by atoms with Crippen molar-refractivity contribution in [3.05, 3.63) is 35.9 Å². The normalized spacial score (nSPS) is 26.0. The zero-order chi connectivity index (χ0) is 12.1. The molecular weight excluding hydrogens is 208 g/mol. The molecule has 2 nitrogen and oxygen atoms in total. The van der Waals surface area contributed by atoms with Gasteiger partial charge in [0.05, 0.1) is 0 Å². The van der Waals surface area contributed by atoms with E-state index in [9.17, 15) is 0 Å². The van der Waals surface area contributed by atoms with E-state index in [1.54, 1.807) is 0 Å². The van der Waals surface area contributed by atoms with Crippen molar-refractivity contribution in [1.29, 1.82) is 0 Å². The van der Waals surface area contributed by atoms with Crippen LogP contribution < -0.4 is 5.73 Å². The molecule has 94 valence electrons. The van der Waals surface area contributed by atoms with Crippen molar-refractivity contribution in [1.82, 2.24) is 4.90 Å². The average Bonchev–Trinajstić information content (AvgIpc) is 2.38. The van der Waals surface area contributed by atoms with Crippen LogP contribution in [0.1, 0.15) is 18.9 Å². The third-order valence-corrected chi connectivity index (χ3v) is 4.03. The predicted octanol–water partition coefficient (Wildman–Crippen LogP) is 2.15. The van der Waals surface area contributed by atoms with E-state index < -0.39 is 0 Å². The highest BCUT2D eigenvalue weighted by molar-refractivity contribution is 5.14. The molecule has 2 N–H and O–H groups in total. The fourth-order valence-corrected chi connectivity index (χ4v) is 2.77. The van der Waals surface area contributed by atoms with E-state index in [4.69, 9.17) is 5.73 Å². The van der Waals surface area contributed by atoms with E-state index >= 15 is 0 Å². The number of nitrogens with two attached hydrogens (primary N) is 1. The summed E-state index contributed by atoms with van der Waals surface area (Å²) in [6.07, 6.45) is 2.44. The minimum Gasteiger partial charge on any atom is -0.330 e. The second-order valence-corrected chi connectivity index (χ2v) is 5.30. The molecule has 1 aromatic rings. The van der Waals surface area contributed by atoms with Crippen LogP contribution in [0.25, 0.3) is 0 Å². The van der Waals surface area contributed by atoms with Crippen LogP contribution in [0.15, 0.2) is 30.3 Å². The van der Waals surface area contributed by atoms with Gasteiger partial charge in [-0.25, -0.2) is 0 Å². The van der Waals surface area contributed by atoms with Gasteiger partial charge in [-0.05, 0) is 43.3 Å². The highest BCUT2D eigenvalue weighted by atomic mass is 15.1. The van der Waals surface area contributed by atoms with E-state index in [1.165, 1.54) is 38.0 Å². The first-order valence-corrected chi connectivity index (χ1v) is 6.76. The molecule has 2 unspecified atom stereocenters. The Balaban J connectivity index is 1.78. The molecule has 0 spiro atoms. The zero-order valence-corrected chi connectivity index (χ0v) is 10.8. The Bertz CT molecular complexity index is 323. The highest BCUT2D eigenvalue weighted by Crippen LogP contribution is 2.22. The SMILES string of the molecule is CC1CN(CCc2ccccc2)CCC1CN. The minimum absolute atomic E-state index is 0.739. The van der Waals surface area contributed by atoms with E-state index in [2.05, 4.69) is 42.2 Å². The van der Waals surface area contributed by atoms with Crippen LogP contribution in [-0.2, 0) is 6.42 Å². The molecule has 0 aliphatic carbocycles. The Labute approximate surface area is 105 Å². The summed E-state index contributed by atoms with van der Waals surface area (Å²) >= 11 is 0. The van der Waals surface area contributed by atoms with Gasteiger partial charge in [0.15, 0.2) is 0 Å². The fourth-order valence-electron chi connectivity index (χ4n) is 2.77. The Morgan fingerprint density at radius 1 is 1.29 bits per heavy atom. The molecule has 1 heterocycles. The lowest BCUT2D eigenvalue weighted by Crippen LogP contribution is -2.42. The molecule has 1 aliphatic rings. The monoisotopic (exact) mass is 232 g/mol. The van der Waals surface area contributed by atoms with Gasteiger partial charge < -0.3 is 10.6 Å². The number of piperidine rings is 1. The Morgan fingerprint density at radius 2 is 2.06 bits per heavy atom. The van der Waals surface area contributed by atoms with Crippen molar-refractivity contribution in [3.63, 3.8) is 0 Å². The molecule has 2 atom stereocenters. The van der Waals surface area contributed by atoms with Crippen molar-refractivity contribution in [2.45, 2.75) is 19.8 Å². The van der Waals surface area contributed by atoms with Gasteiger partial charge in [0, 0.05) is 13.1 Å². The third kappa shape index (κ3) is 3.55. The molecule has 0 amide bonds. The predicted molar refractivity (Wildman–Crippen MR) is 72.9 cm³/mol. The van der Waals surface area contributed by atoms with Gasteiger partial charge >= 0.3 is 0 Å². The van der Waals surface area contributed by atoms with E-state index in [0.29, 0.717) is 0 Å². The van der Waals surface area contributed by atoms with Gasteiger partial charge in [0.1, 0.15) is 0 Å². The summed E-state index contributed by atoms with van der Waals surface area (Å²) in [5, 5.41) is 0. The standard InChI is InChI=1S/C15H24N2/c1-13-12-17(10-8-15(13)11-16)9-7-14-5-3-2-4-6-14/h2-6,13,15H,7-12,16H2,1H3. The lowest BCUT2D eigenvalue weighted by molar-refractivity contribution is 0.134. The number of benzene rings is 1. The number of hydrogen-bond acceptors (Lipinski definition) is 2. The molecule has 1 saturated heterocycles. The van der Waals surface area contributed by atoms with Crippen LogP contribution in [0.3, 0.4) is 0 Å². The number of nitrogens with zero attached hydrogens (tertiary/aromatic N) is 1. The van der Waals surface area contributed by atoms with Crippen LogP contribution in [0.4, 0.5) is 0 Å². The maximum absolute atomic E-state index is 5.79. The van der Waals surface area contributed by atoms with Crippen LogP contribution in [0.5, 0.6) is 0 Å². The Hall–Kier alpha value is -0.860. The van der Waals surface area contributed by atoms with E-state index in [-0.39, 0.29) is 0 Å². The first-order chi connectivity index (χ1) is 8.29. The quantitative estimate of drug-likeness (QED) is 0.862. The van der Waals surface area contributed by atoms with Crippen LogP contribution in [0.2, 0.25) is 0 Å². The van der Waals surface area contributed by atoms with Crippen molar-refractivity contribution in [2.24, 2.45) is 17.6 Å². The number of rotatable bonds is 4. The lowest BCUT2D eigenvalue weighted by atomic mass is 9.87. The summed E-state index contributed by atoms with van der Waals surface area (Å²) < 4.78 is 0. The molecule has 0 saturated carbocycles. The van der Waals surface area contributed by atoms with Gasteiger partial charge in [-0.1, -0.05) is 37.3 Å². The molecular formula is C15H24N2. The van der Waals surface area contributed by atoms with Gasteiger partial charge in [-0.15, -0.1) is 0 Å². The maximum atomic E-state index is 5.79. The molecule has 2 rings (SSSR count). The van der Waals surface area contributed by atoms with Gasteiger partial charge in [0.25, 0.3) is 0 Å². The molecule has 0 radical (unpaired) electrons. The smallest absolute Gasteiger partial charge is 0.00219 e. The van der Waals surface area contributed by atoms with Crippen LogP contribution >= 0.6 is 0 Å². The average molecular weight is 232 g/mol. The molecule has 0 aromatic heterocycles. The maximum Gasteiger partial charge on any atom is 0.00219 e. The number of likely N-dealkylation sites (tertiary alicyclic amines) is 1. The summed E-state index contributed by atoms with van der Waals surface area (Å²) in [7, 11) is 0. The van der Waals surface area contributed by atoms with Gasteiger partial charge in [0.2, 0.25) is 0 Å². The van der Waals surface area contributed by atoms with E-state index in [0.717, 1.165) is 18.4 Å². The largest absolute Gasteiger partial charge is 0.330 e. The summed E-state index contributed by atoms with van der Waals surface area (Å²) in [6, 6.07) is 10.8. The van der Waals surface area contributed by atoms with Gasteiger partial charge in [-0.3, -0.25) is 0 Å². The van der Waals surface area contributed by atoms with Crippen molar-refractivity contribution >= 4 is 0 Å². The Kier molecular flexibility index (Phi) is 4.57. The zero-order valence-electron chi connectivity index (χ0n) is 10.8. The highest BCUT2D eigenvalue weighted by Gasteiger charge is 2.24. The fraction of sp³-hybridized carbons (Fsp3) is 0.600. The molecule has 0 bridgehead atoms. The molecule has 2 heteroatoms. The minimum atomic E-state index is 0.739. The first kappa shape index (κ1) is 12.6. The van der Waals surface area contributed by atoms with Gasteiger partial charge in [-0.2, -0.15) is 0 Å². The summed E-state index contributed by atoms with van der Waals surface area (Å²) in [5.74, 6) is 1.49. The number of hydrogen-bond donors (Lipinski definition) is 1. The lowest BCUT2D eigenvalue weighted by Gasteiger charge is -2.36. The van der Waals surface area contributed by atoms with Crippen LogP contribution in [-0.4, -0.2) is 31.1 Å². The summed E-state index contributed by atoms with van der Waals surface area (Å²) in [5.41, 5.74) is 7.23.